The van der Waals surface area contributed by atoms with Gasteiger partial charge < -0.3 is 67.0 Å². The number of carbonyl (C=O) groups is 9. The molecule has 1 heterocycles. The summed E-state index contributed by atoms with van der Waals surface area (Å²) in [6.07, 6.45) is -1.29. The van der Waals surface area contributed by atoms with Gasteiger partial charge in [-0.2, -0.15) is 0 Å². The molecule has 10 N–H and O–H groups in total. The Labute approximate surface area is 441 Å². The van der Waals surface area contributed by atoms with E-state index in [9.17, 15) is 48.3 Å². The highest BCUT2D eigenvalue weighted by molar-refractivity contribution is 5.97. The lowest BCUT2D eigenvalue weighted by Crippen LogP contribution is -2.61. The van der Waals surface area contributed by atoms with Crippen molar-refractivity contribution in [3.63, 3.8) is 0 Å². The lowest BCUT2D eigenvalue weighted by Gasteiger charge is -2.35. The molecule has 1 aromatic rings. The van der Waals surface area contributed by atoms with Crippen LogP contribution in [0.15, 0.2) is 24.3 Å². The molecule has 0 spiro atoms. The van der Waals surface area contributed by atoms with Crippen LogP contribution < -0.4 is 42.8 Å². The number of nitrogens with one attached hydrogen (secondary N) is 5. The number of esters is 1. The molecule has 22 nitrogen and oxygen atoms in total. The molecule has 1 aliphatic heterocycles. The third-order valence-electron chi connectivity index (χ3n) is 12.4. The maximum Gasteiger partial charge on any atom is 0.329 e. The number of benzene rings is 1. The second kappa shape index (κ2) is 30.9. The first-order valence-electron chi connectivity index (χ1n) is 25.7. The first-order valence-corrected chi connectivity index (χ1v) is 25.7. The lowest BCUT2D eigenvalue weighted by molar-refractivity contribution is -0.158. The standard InChI is InChI=1S/C53H84N8O14/c1-14-31(7)42(58-46(64)36(54)23-24-41-72-25-26-73-41)50(68)61(13)39(28-34-19-21-35(22-20-34)75-53(10,11)12)48(66)59-43(32(8)15-2)52(71)74-33(9)44(49(67)57-38(51(69)70)27-29(3)4)60-47(65)37(17-16-18-40(55)62)56-45(63)30(5)6/h19-22,29-33,36-39,41-44H,14-15,18,23-28,54H2,1-13H3,(H2,55,62)(H,56,63)(H,57,67)(H,58,64)(H,59,66)(H,60,65)(H,69,70)/t31-,32-,33+,36-,37-,38-,39-,42-,43-,44-/m0/s1. The van der Waals surface area contributed by atoms with E-state index in [1.165, 1.54) is 18.9 Å². The van der Waals surface area contributed by atoms with E-state index in [4.69, 9.17) is 30.4 Å². The molecule has 1 fully saturated rings. The average molecular weight is 1060 g/mol. The van der Waals surface area contributed by atoms with Gasteiger partial charge in [-0.1, -0.05) is 92.2 Å². The summed E-state index contributed by atoms with van der Waals surface area (Å²) in [6, 6.07) is -2.83. The van der Waals surface area contributed by atoms with Crippen molar-refractivity contribution in [3.05, 3.63) is 29.8 Å². The fourth-order valence-electron chi connectivity index (χ4n) is 7.56. The van der Waals surface area contributed by atoms with Gasteiger partial charge in [0.05, 0.1) is 25.7 Å². The quantitative estimate of drug-likeness (QED) is 0.0419. The van der Waals surface area contributed by atoms with Crippen LogP contribution in [0.4, 0.5) is 0 Å². The van der Waals surface area contributed by atoms with Gasteiger partial charge in [0.2, 0.25) is 35.4 Å². The molecule has 0 unspecified atom stereocenters. The fourth-order valence-corrected chi connectivity index (χ4v) is 7.56. The average Bonchev–Trinajstić information content (AvgIpc) is 3.86. The highest BCUT2D eigenvalue weighted by atomic mass is 16.7. The van der Waals surface area contributed by atoms with Crippen LogP contribution in [0.2, 0.25) is 0 Å². The molecule has 75 heavy (non-hydrogen) atoms. The second-order valence-electron chi connectivity index (χ2n) is 20.8. The summed E-state index contributed by atoms with van der Waals surface area (Å²) in [5.41, 5.74) is 11.6. The van der Waals surface area contributed by atoms with Gasteiger partial charge in [-0.15, -0.1) is 0 Å². The molecule has 7 amide bonds. The van der Waals surface area contributed by atoms with Crippen LogP contribution in [-0.2, 0) is 63.8 Å². The number of hydrogen-bond donors (Lipinski definition) is 8. The third kappa shape index (κ3) is 22.2. The molecular formula is C53H84N8O14. The highest BCUT2D eigenvalue weighted by Gasteiger charge is 2.40. The molecule has 0 aromatic heterocycles. The van der Waals surface area contributed by atoms with Gasteiger partial charge in [-0.05, 0) is 76.0 Å². The summed E-state index contributed by atoms with van der Waals surface area (Å²) in [5.74, 6) is -4.43. The van der Waals surface area contributed by atoms with Crippen LogP contribution in [0, 0.1) is 35.5 Å². The van der Waals surface area contributed by atoms with Crippen LogP contribution >= 0.6 is 0 Å². The van der Waals surface area contributed by atoms with Gasteiger partial charge >= 0.3 is 11.9 Å². The van der Waals surface area contributed by atoms with Crippen LogP contribution in [0.25, 0.3) is 0 Å². The summed E-state index contributed by atoms with van der Waals surface area (Å²) in [4.78, 5) is 123. The van der Waals surface area contributed by atoms with Crippen molar-refractivity contribution < 1.29 is 67.2 Å². The minimum absolute atomic E-state index is 0.0132. The monoisotopic (exact) mass is 1060 g/mol. The van der Waals surface area contributed by atoms with Gasteiger partial charge in [0, 0.05) is 25.8 Å². The molecule has 2 rings (SSSR count). The van der Waals surface area contributed by atoms with Gasteiger partial charge in [0.15, 0.2) is 12.3 Å². The Morgan fingerprint density at radius 2 is 1.33 bits per heavy atom. The van der Waals surface area contributed by atoms with Crippen molar-refractivity contribution in [1.82, 2.24) is 31.5 Å². The normalized spacial score (nSPS) is 16.7. The van der Waals surface area contributed by atoms with E-state index in [1.807, 2.05) is 27.7 Å². The minimum atomic E-state index is -1.81. The van der Waals surface area contributed by atoms with E-state index in [1.54, 1.807) is 72.7 Å². The Morgan fingerprint density at radius 1 is 0.773 bits per heavy atom. The number of hydrogen-bond acceptors (Lipinski definition) is 14. The molecule has 1 aromatic carbocycles. The van der Waals surface area contributed by atoms with Crippen molar-refractivity contribution >= 4 is 53.3 Å². The van der Waals surface area contributed by atoms with Gasteiger partial charge in [-0.3, -0.25) is 33.6 Å². The Balaban J connectivity index is 2.63. The molecule has 22 heteroatoms. The third-order valence-corrected chi connectivity index (χ3v) is 12.4. The molecule has 0 radical (unpaired) electrons. The summed E-state index contributed by atoms with van der Waals surface area (Å²) < 4.78 is 22.9. The first kappa shape index (κ1) is 64.8. The molecule has 0 bridgehead atoms. The van der Waals surface area contributed by atoms with Crippen LogP contribution in [0.3, 0.4) is 0 Å². The van der Waals surface area contributed by atoms with Crippen molar-refractivity contribution in [2.75, 3.05) is 20.3 Å². The summed E-state index contributed by atoms with van der Waals surface area (Å²) in [6.45, 7) is 21.4. The number of rotatable bonds is 29. The van der Waals surface area contributed by atoms with Crippen LogP contribution in [0.5, 0.6) is 5.75 Å². The minimum Gasteiger partial charge on any atom is -0.488 e. The number of nitrogens with zero attached hydrogens (tertiary/aromatic N) is 1. The van der Waals surface area contributed by atoms with Gasteiger partial charge in [0.25, 0.3) is 5.91 Å². The summed E-state index contributed by atoms with van der Waals surface area (Å²) in [7, 11) is 1.42. The topological polar surface area (TPSA) is 326 Å². The predicted octanol–water partition coefficient (Wildman–Crippen LogP) is 1.83. The van der Waals surface area contributed by atoms with E-state index in [0.717, 1.165) is 0 Å². The lowest BCUT2D eigenvalue weighted by atomic mass is 9.95. The van der Waals surface area contributed by atoms with E-state index >= 15 is 0 Å². The zero-order chi connectivity index (χ0) is 56.9. The number of amides is 7. The number of carbonyl (C=O) groups excluding carboxylic acids is 8. The van der Waals surface area contributed by atoms with Gasteiger partial charge in [-0.25, -0.2) is 9.59 Å². The van der Waals surface area contributed by atoms with Crippen molar-refractivity contribution in [3.8, 4) is 17.6 Å². The molecule has 1 saturated heterocycles. The number of likely N-dealkylation sites (N-methyl/N-ethyl adjacent to an activating group) is 1. The molecular weight excluding hydrogens is 973 g/mol. The number of aliphatic carboxylic acids is 1. The van der Waals surface area contributed by atoms with E-state index < -0.39 is 138 Å². The maximum atomic E-state index is 14.9. The largest absolute Gasteiger partial charge is 0.488 e. The van der Waals surface area contributed by atoms with Crippen LogP contribution in [-0.4, -0.2) is 144 Å². The summed E-state index contributed by atoms with van der Waals surface area (Å²) >= 11 is 0. The second-order valence-corrected chi connectivity index (χ2v) is 20.8. The highest BCUT2D eigenvalue weighted by Crippen LogP contribution is 2.22. The van der Waals surface area contributed by atoms with Gasteiger partial charge in [0.1, 0.15) is 47.7 Å². The zero-order valence-corrected chi connectivity index (χ0v) is 46.0. The molecule has 0 saturated carbocycles. The van der Waals surface area contributed by atoms with E-state index in [2.05, 4.69) is 38.4 Å². The number of nitrogens with two attached hydrogens (primary N) is 2. The Morgan fingerprint density at radius 3 is 1.85 bits per heavy atom. The Kier molecular flexibility index (Phi) is 26.7. The first-order chi connectivity index (χ1) is 35.0. The number of ether oxygens (including phenoxy) is 4. The molecule has 10 atom stereocenters. The smallest absolute Gasteiger partial charge is 0.329 e. The van der Waals surface area contributed by atoms with Crippen LogP contribution in [0.1, 0.15) is 127 Å². The number of carboxylic acid groups (broad SMARTS) is 1. The number of carboxylic acids is 1. The SMILES string of the molecule is CC[C@H](C)[C@H](NC(=O)[C@H](Cc1ccc(OC(C)(C)C)cc1)N(C)C(=O)[C@@H](NC(=O)[C@@H](N)CCC1OCCO1)[C@@H](C)CC)C(=O)O[C@H](C)[C@H](NC(=O)[C@H](C#CCC(N)=O)NC(=O)C(C)C)C(=O)N[C@@H](CC(C)C)C(=O)O. The molecule has 1 aliphatic rings. The summed E-state index contributed by atoms with van der Waals surface area (Å²) in [5, 5.41) is 22.9. The number of primary amides is 1. The zero-order valence-electron chi connectivity index (χ0n) is 46.0. The van der Waals surface area contributed by atoms with Crippen molar-refractivity contribution in [2.24, 2.45) is 35.1 Å². The van der Waals surface area contributed by atoms with E-state index in [0.29, 0.717) is 43.8 Å². The maximum absolute atomic E-state index is 14.9. The molecule has 0 aliphatic carbocycles. The molecule has 420 valence electrons. The fraction of sp³-hybridized carbons (Fsp3) is 0.679. The Bertz CT molecular complexity index is 2160. The van der Waals surface area contributed by atoms with Crippen molar-refractivity contribution in [1.29, 1.82) is 0 Å². The van der Waals surface area contributed by atoms with E-state index in [-0.39, 0.29) is 25.2 Å². The van der Waals surface area contributed by atoms with Crippen molar-refractivity contribution in [2.45, 2.75) is 188 Å². The Hall–Kier alpha value is -6.31. The predicted molar refractivity (Wildman–Crippen MR) is 278 cm³/mol.